The van der Waals surface area contributed by atoms with Crippen molar-refractivity contribution in [2.45, 2.75) is 32.0 Å². The fourth-order valence-electron chi connectivity index (χ4n) is 0.878. The number of aliphatic hydroxyl groups is 1. The second-order valence-electron chi connectivity index (χ2n) is 2.18. The normalized spacial score (nSPS) is 35.2. The first-order valence-corrected chi connectivity index (χ1v) is 3.14. The molecule has 0 radical (unpaired) electrons. The minimum absolute atomic E-state index is 0.176. The van der Waals surface area contributed by atoms with Gasteiger partial charge in [-0.05, 0) is 6.42 Å². The summed E-state index contributed by atoms with van der Waals surface area (Å²) in [7, 11) is 0. The second-order valence-corrected chi connectivity index (χ2v) is 2.18. The minimum atomic E-state index is 0.176. The molecule has 0 amide bonds. The summed E-state index contributed by atoms with van der Waals surface area (Å²) in [6.45, 7) is 2.32. The average Bonchev–Trinajstić information content (AvgIpc) is 2.48. The van der Waals surface area contributed by atoms with E-state index >= 15 is 0 Å². The molecule has 0 aromatic carbocycles. The van der Waals surface area contributed by atoms with Crippen molar-refractivity contribution in [1.29, 1.82) is 0 Å². The number of ether oxygens (including phenoxy) is 1. The first kappa shape index (κ1) is 6.05. The van der Waals surface area contributed by atoms with Crippen molar-refractivity contribution in [2.24, 2.45) is 0 Å². The zero-order valence-corrected chi connectivity index (χ0v) is 5.13. The third-order valence-corrected chi connectivity index (χ3v) is 1.44. The van der Waals surface area contributed by atoms with Gasteiger partial charge in [0.2, 0.25) is 0 Å². The van der Waals surface area contributed by atoms with Crippen LogP contribution in [-0.2, 0) is 4.74 Å². The van der Waals surface area contributed by atoms with Gasteiger partial charge in [0.25, 0.3) is 0 Å². The van der Waals surface area contributed by atoms with Crippen molar-refractivity contribution in [3.05, 3.63) is 0 Å². The molecular formula is C6H12O2. The van der Waals surface area contributed by atoms with Gasteiger partial charge in [-0.3, -0.25) is 0 Å². The summed E-state index contributed by atoms with van der Waals surface area (Å²) in [5, 5.41) is 8.48. The van der Waals surface area contributed by atoms with Crippen LogP contribution < -0.4 is 0 Å². The Morgan fingerprint density at radius 1 is 1.50 bits per heavy atom. The van der Waals surface area contributed by atoms with Crippen LogP contribution in [-0.4, -0.2) is 23.9 Å². The van der Waals surface area contributed by atoms with E-state index in [4.69, 9.17) is 9.84 Å². The largest absolute Gasteiger partial charge is 0.394 e. The molecule has 0 saturated carbocycles. The summed E-state index contributed by atoms with van der Waals surface area (Å²) in [6.07, 6.45) is 2.81. The predicted octanol–water partition coefficient (Wildman–Crippen LogP) is 0.546. The van der Waals surface area contributed by atoms with E-state index in [-0.39, 0.29) is 12.7 Å². The van der Waals surface area contributed by atoms with Gasteiger partial charge in [0.05, 0.1) is 12.7 Å². The molecule has 2 nitrogen and oxygen atoms in total. The number of aliphatic hydroxyl groups excluding tert-OH is 1. The van der Waals surface area contributed by atoms with Crippen molar-refractivity contribution < 1.29 is 9.84 Å². The topological polar surface area (TPSA) is 32.8 Å². The van der Waals surface area contributed by atoms with Gasteiger partial charge in [-0.2, -0.15) is 0 Å². The Labute approximate surface area is 49.5 Å². The lowest BCUT2D eigenvalue weighted by Crippen LogP contribution is -1.97. The van der Waals surface area contributed by atoms with E-state index in [2.05, 4.69) is 6.92 Å². The number of hydrogen-bond donors (Lipinski definition) is 1. The van der Waals surface area contributed by atoms with Crippen LogP contribution in [0.4, 0.5) is 0 Å². The second kappa shape index (κ2) is 2.46. The summed E-state index contributed by atoms with van der Waals surface area (Å²) in [5.74, 6) is 0. The van der Waals surface area contributed by atoms with Crippen molar-refractivity contribution in [3.63, 3.8) is 0 Å². The molecule has 1 fully saturated rings. The van der Waals surface area contributed by atoms with Crippen LogP contribution in [0.2, 0.25) is 0 Å². The highest BCUT2D eigenvalue weighted by atomic mass is 16.6. The summed E-state index contributed by atoms with van der Waals surface area (Å²) in [5.41, 5.74) is 0. The van der Waals surface area contributed by atoms with Crippen molar-refractivity contribution in [1.82, 2.24) is 0 Å². The Hall–Kier alpha value is -0.0800. The molecule has 1 N–H and O–H groups in total. The molecule has 0 aromatic heterocycles. The number of hydrogen-bond acceptors (Lipinski definition) is 2. The van der Waals surface area contributed by atoms with Gasteiger partial charge < -0.3 is 9.84 Å². The van der Waals surface area contributed by atoms with Crippen LogP contribution in [0, 0.1) is 0 Å². The molecule has 48 valence electrons. The highest BCUT2D eigenvalue weighted by Crippen LogP contribution is 2.25. The summed E-state index contributed by atoms with van der Waals surface area (Å²) in [4.78, 5) is 0. The summed E-state index contributed by atoms with van der Waals surface area (Å²) < 4.78 is 5.06. The zero-order chi connectivity index (χ0) is 5.98. The van der Waals surface area contributed by atoms with Crippen molar-refractivity contribution >= 4 is 0 Å². The number of epoxide rings is 1. The van der Waals surface area contributed by atoms with E-state index in [9.17, 15) is 0 Å². The number of rotatable bonds is 3. The Morgan fingerprint density at radius 2 is 2.25 bits per heavy atom. The zero-order valence-electron chi connectivity index (χ0n) is 5.13. The van der Waals surface area contributed by atoms with Gasteiger partial charge in [-0.25, -0.2) is 0 Å². The van der Waals surface area contributed by atoms with E-state index in [0.29, 0.717) is 6.10 Å². The summed E-state index contributed by atoms with van der Waals surface area (Å²) in [6, 6.07) is 0. The lowest BCUT2D eigenvalue weighted by Gasteiger charge is -1.84. The Bertz CT molecular complexity index is 72.9. The highest BCUT2D eigenvalue weighted by molar-refractivity contribution is 4.82. The van der Waals surface area contributed by atoms with Crippen molar-refractivity contribution in [3.8, 4) is 0 Å². The first-order valence-electron chi connectivity index (χ1n) is 3.14. The molecule has 2 unspecified atom stereocenters. The van der Waals surface area contributed by atoms with Crippen LogP contribution in [0.3, 0.4) is 0 Å². The fraction of sp³-hybridized carbons (Fsp3) is 1.00. The van der Waals surface area contributed by atoms with Gasteiger partial charge in [-0.15, -0.1) is 0 Å². The first-order chi connectivity index (χ1) is 3.88. The molecule has 1 aliphatic rings. The smallest absolute Gasteiger partial charge is 0.107 e. The molecule has 1 heterocycles. The Balaban J connectivity index is 1.99. The molecule has 2 heteroatoms. The Morgan fingerprint density at radius 3 is 2.62 bits per heavy atom. The Kier molecular flexibility index (Phi) is 1.86. The van der Waals surface area contributed by atoms with Crippen LogP contribution in [0.1, 0.15) is 19.8 Å². The monoisotopic (exact) mass is 116 g/mol. The van der Waals surface area contributed by atoms with E-state index in [1.54, 1.807) is 0 Å². The minimum Gasteiger partial charge on any atom is -0.394 e. The van der Waals surface area contributed by atoms with Gasteiger partial charge in [0, 0.05) is 0 Å². The summed E-state index contributed by atoms with van der Waals surface area (Å²) >= 11 is 0. The van der Waals surface area contributed by atoms with E-state index in [1.165, 1.54) is 0 Å². The molecule has 0 spiro atoms. The van der Waals surface area contributed by atoms with Gasteiger partial charge in [0.15, 0.2) is 0 Å². The fourth-order valence-corrected chi connectivity index (χ4v) is 0.878. The van der Waals surface area contributed by atoms with Crippen LogP contribution in [0.15, 0.2) is 0 Å². The molecule has 0 aromatic rings. The van der Waals surface area contributed by atoms with Gasteiger partial charge in [0.1, 0.15) is 6.10 Å². The molecule has 8 heavy (non-hydrogen) atoms. The van der Waals surface area contributed by atoms with Crippen LogP contribution >= 0.6 is 0 Å². The van der Waals surface area contributed by atoms with Crippen molar-refractivity contribution in [2.75, 3.05) is 6.61 Å². The van der Waals surface area contributed by atoms with E-state index in [1.807, 2.05) is 0 Å². The molecule has 1 saturated heterocycles. The molecule has 0 bridgehead atoms. The van der Waals surface area contributed by atoms with E-state index < -0.39 is 0 Å². The molecule has 0 aliphatic carbocycles. The van der Waals surface area contributed by atoms with Crippen LogP contribution in [0.5, 0.6) is 0 Å². The highest BCUT2D eigenvalue weighted by Gasteiger charge is 2.36. The van der Waals surface area contributed by atoms with Gasteiger partial charge >= 0.3 is 0 Å². The molecular weight excluding hydrogens is 104 g/mol. The third kappa shape index (κ3) is 1.20. The lowest BCUT2D eigenvalue weighted by molar-refractivity contribution is 0.241. The standard InChI is InChI=1S/C6H12O2/c1-2-3-5-6(4-7)8-5/h5-7H,2-4H2,1H3. The molecule has 1 rings (SSSR count). The third-order valence-electron chi connectivity index (χ3n) is 1.44. The average molecular weight is 116 g/mol. The quantitative estimate of drug-likeness (QED) is 0.546. The maximum absolute atomic E-state index is 8.48. The molecule has 2 atom stereocenters. The maximum Gasteiger partial charge on any atom is 0.107 e. The van der Waals surface area contributed by atoms with E-state index in [0.717, 1.165) is 12.8 Å². The lowest BCUT2D eigenvalue weighted by atomic mass is 10.2. The maximum atomic E-state index is 8.48. The molecule has 1 aliphatic heterocycles. The SMILES string of the molecule is CCCC1OC1CO. The van der Waals surface area contributed by atoms with Crippen LogP contribution in [0.25, 0.3) is 0 Å². The van der Waals surface area contributed by atoms with Gasteiger partial charge in [-0.1, -0.05) is 13.3 Å². The predicted molar refractivity (Wildman–Crippen MR) is 30.7 cm³/mol.